The van der Waals surface area contributed by atoms with Crippen LogP contribution in [0.25, 0.3) is 10.6 Å². The van der Waals surface area contributed by atoms with Crippen molar-refractivity contribution in [3.63, 3.8) is 0 Å². The van der Waals surface area contributed by atoms with Crippen LogP contribution in [0.3, 0.4) is 0 Å². The lowest BCUT2D eigenvalue weighted by Gasteiger charge is -2.17. The van der Waals surface area contributed by atoms with Gasteiger partial charge in [0.2, 0.25) is 11.7 Å². The molecule has 0 radical (unpaired) electrons. The van der Waals surface area contributed by atoms with Crippen molar-refractivity contribution in [1.82, 2.24) is 15.3 Å². The highest BCUT2D eigenvalue weighted by atomic mass is 32.1. The van der Waals surface area contributed by atoms with Gasteiger partial charge in [-0.25, -0.2) is 4.98 Å². The van der Waals surface area contributed by atoms with Crippen LogP contribution in [-0.2, 0) is 11.2 Å². The van der Waals surface area contributed by atoms with Crippen molar-refractivity contribution in [2.24, 2.45) is 0 Å². The third kappa shape index (κ3) is 4.67. The fourth-order valence-electron chi connectivity index (χ4n) is 2.84. The number of ether oxygens (including phenoxy) is 3. The largest absolute Gasteiger partial charge is 0.493 e. The van der Waals surface area contributed by atoms with Gasteiger partial charge in [0.05, 0.1) is 39.5 Å². The smallest absolute Gasteiger partial charge is 0.227 e. The number of carbonyl (C=O) groups excluding carboxylic acids is 1. The van der Waals surface area contributed by atoms with E-state index in [0.29, 0.717) is 28.5 Å². The first-order valence-electron chi connectivity index (χ1n) is 8.93. The molecule has 8 nitrogen and oxygen atoms in total. The molecule has 0 saturated heterocycles. The molecule has 1 unspecified atom stereocenters. The first-order valence-corrected chi connectivity index (χ1v) is 9.81. The second kappa shape index (κ2) is 9.71. The summed E-state index contributed by atoms with van der Waals surface area (Å²) in [5.74, 6) is 0.902. The second-order valence-electron chi connectivity index (χ2n) is 6.15. The van der Waals surface area contributed by atoms with Crippen molar-refractivity contribution in [3.8, 4) is 33.9 Å². The molecule has 2 heterocycles. The molecule has 0 bridgehead atoms. The minimum Gasteiger partial charge on any atom is -0.493 e. The Bertz CT molecular complexity index is 1040. The molecule has 0 aliphatic carbocycles. The maximum atomic E-state index is 12.5. The molecule has 1 atom stereocenters. The number of benzene rings is 1. The number of hydrogen-bond donors (Lipinski definition) is 1. The van der Waals surface area contributed by atoms with Crippen LogP contribution in [0.2, 0.25) is 0 Å². The number of thiazole rings is 1. The normalized spacial score (nSPS) is 11.3. The number of hydrogen-bond acceptors (Lipinski definition) is 8. The maximum Gasteiger partial charge on any atom is 0.227 e. The molecule has 0 fully saturated rings. The van der Waals surface area contributed by atoms with Crippen LogP contribution >= 0.6 is 11.3 Å². The van der Waals surface area contributed by atoms with E-state index in [1.165, 1.54) is 32.7 Å². The van der Waals surface area contributed by atoms with Gasteiger partial charge < -0.3 is 19.5 Å². The summed E-state index contributed by atoms with van der Waals surface area (Å²) >= 11 is 1.44. The van der Waals surface area contributed by atoms with Gasteiger partial charge in [0, 0.05) is 23.3 Å². The standard InChI is InChI=1S/C21H20N4O4S/c1-27-17-7-14(8-18(28-2)20(17)29-3)16(10-22)25-19(26)9-15-12-30-21(24-15)13-5-4-6-23-11-13/h4-8,11-12,16H,9H2,1-3H3,(H,25,26). The molecule has 1 aromatic carbocycles. The van der Waals surface area contributed by atoms with Gasteiger partial charge in [-0.2, -0.15) is 5.26 Å². The molecule has 1 amide bonds. The van der Waals surface area contributed by atoms with Gasteiger partial charge in [0.15, 0.2) is 11.5 Å². The predicted molar refractivity (Wildman–Crippen MR) is 112 cm³/mol. The van der Waals surface area contributed by atoms with E-state index < -0.39 is 6.04 Å². The quantitative estimate of drug-likeness (QED) is 0.592. The molecule has 3 aromatic rings. The Balaban J connectivity index is 1.74. The number of methoxy groups -OCH3 is 3. The fraction of sp³-hybridized carbons (Fsp3) is 0.238. The molecule has 0 spiro atoms. The highest BCUT2D eigenvalue weighted by Gasteiger charge is 2.21. The molecule has 9 heteroatoms. The van der Waals surface area contributed by atoms with Crippen LogP contribution in [0.5, 0.6) is 17.2 Å². The van der Waals surface area contributed by atoms with E-state index in [-0.39, 0.29) is 12.3 Å². The third-order valence-corrected chi connectivity index (χ3v) is 5.20. The van der Waals surface area contributed by atoms with Crippen molar-refractivity contribution in [3.05, 3.63) is 53.3 Å². The minimum absolute atomic E-state index is 0.0549. The Morgan fingerprint density at radius 3 is 2.53 bits per heavy atom. The van der Waals surface area contributed by atoms with Crippen molar-refractivity contribution in [1.29, 1.82) is 5.26 Å². The van der Waals surface area contributed by atoms with Gasteiger partial charge in [-0.15, -0.1) is 11.3 Å². The second-order valence-corrected chi connectivity index (χ2v) is 7.01. The van der Waals surface area contributed by atoms with Gasteiger partial charge in [-0.1, -0.05) is 0 Å². The van der Waals surface area contributed by atoms with Crippen molar-refractivity contribution in [2.75, 3.05) is 21.3 Å². The summed E-state index contributed by atoms with van der Waals surface area (Å²) in [4.78, 5) is 21.1. The monoisotopic (exact) mass is 424 g/mol. The van der Waals surface area contributed by atoms with E-state index in [1.54, 1.807) is 24.5 Å². The van der Waals surface area contributed by atoms with Gasteiger partial charge in [0.1, 0.15) is 11.0 Å². The molecular formula is C21H20N4O4S. The lowest BCUT2D eigenvalue weighted by molar-refractivity contribution is -0.120. The number of amides is 1. The summed E-state index contributed by atoms with van der Waals surface area (Å²) in [6.45, 7) is 0. The number of rotatable bonds is 8. The molecule has 2 aromatic heterocycles. The topological polar surface area (TPSA) is 106 Å². The predicted octanol–water partition coefficient (Wildman–Crippen LogP) is 3.15. The number of nitrogens with zero attached hydrogens (tertiary/aromatic N) is 3. The van der Waals surface area contributed by atoms with Crippen molar-refractivity contribution in [2.45, 2.75) is 12.5 Å². The van der Waals surface area contributed by atoms with Crippen LogP contribution in [0, 0.1) is 11.3 Å². The fourth-order valence-corrected chi connectivity index (χ4v) is 3.66. The highest BCUT2D eigenvalue weighted by molar-refractivity contribution is 7.13. The van der Waals surface area contributed by atoms with Crippen LogP contribution < -0.4 is 19.5 Å². The summed E-state index contributed by atoms with van der Waals surface area (Å²) in [5, 5.41) is 14.9. The Labute approximate surface area is 178 Å². The average molecular weight is 424 g/mol. The van der Waals surface area contributed by atoms with Crippen molar-refractivity contribution >= 4 is 17.2 Å². The molecule has 1 N–H and O–H groups in total. The van der Waals surface area contributed by atoms with Gasteiger partial charge in [-0.3, -0.25) is 9.78 Å². The summed E-state index contributed by atoms with van der Waals surface area (Å²) in [6.07, 6.45) is 3.47. The van der Waals surface area contributed by atoms with E-state index >= 15 is 0 Å². The number of aromatic nitrogens is 2. The lowest BCUT2D eigenvalue weighted by atomic mass is 10.1. The van der Waals surface area contributed by atoms with Gasteiger partial charge in [0.25, 0.3) is 0 Å². The van der Waals surface area contributed by atoms with Crippen LogP contribution in [0.4, 0.5) is 0 Å². The highest BCUT2D eigenvalue weighted by Crippen LogP contribution is 2.39. The van der Waals surface area contributed by atoms with E-state index in [4.69, 9.17) is 14.2 Å². The SMILES string of the molecule is COc1cc(C(C#N)NC(=O)Cc2csc(-c3cccnc3)n2)cc(OC)c1OC. The number of nitriles is 1. The summed E-state index contributed by atoms with van der Waals surface area (Å²) in [7, 11) is 4.48. The van der Waals surface area contributed by atoms with Crippen LogP contribution in [0.15, 0.2) is 42.0 Å². The van der Waals surface area contributed by atoms with Gasteiger partial charge in [-0.05, 0) is 29.8 Å². The number of carbonyl (C=O) groups is 1. The van der Waals surface area contributed by atoms with Crippen LogP contribution in [-0.4, -0.2) is 37.2 Å². The first-order chi connectivity index (χ1) is 14.6. The lowest BCUT2D eigenvalue weighted by Crippen LogP contribution is -2.29. The Kier molecular flexibility index (Phi) is 6.83. The van der Waals surface area contributed by atoms with E-state index in [2.05, 4.69) is 21.4 Å². The van der Waals surface area contributed by atoms with Crippen LogP contribution in [0.1, 0.15) is 17.3 Å². The molecular weight excluding hydrogens is 404 g/mol. The molecule has 0 aliphatic rings. The summed E-state index contributed by atoms with van der Waals surface area (Å²) in [5.41, 5.74) is 2.04. The molecule has 3 rings (SSSR count). The minimum atomic E-state index is -0.886. The molecule has 30 heavy (non-hydrogen) atoms. The summed E-state index contributed by atoms with van der Waals surface area (Å²) < 4.78 is 15.9. The zero-order chi connectivity index (χ0) is 21.5. The third-order valence-electron chi connectivity index (χ3n) is 4.26. The maximum absolute atomic E-state index is 12.5. The van der Waals surface area contributed by atoms with E-state index in [9.17, 15) is 10.1 Å². The zero-order valence-corrected chi connectivity index (χ0v) is 17.5. The average Bonchev–Trinajstić information content (AvgIpc) is 3.25. The van der Waals surface area contributed by atoms with Gasteiger partial charge >= 0.3 is 0 Å². The summed E-state index contributed by atoms with van der Waals surface area (Å²) in [6, 6.07) is 8.23. The van der Waals surface area contributed by atoms with E-state index in [1.807, 2.05) is 17.5 Å². The number of nitrogens with one attached hydrogen (secondary N) is 1. The Morgan fingerprint density at radius 2 is 1.97 bits per heavy atom. The van der Waals surface area contributed by atoms with Crippen molar-refractivity contribution < 1.29 is 19.0 Å². The molecule has 0 aliphatic heterocycles. The first kappa shape index (κ1) is 21.1. The zero-order valence-electron chi connectivity index (χ0n) is 16.7. The molecule has 0 saturated carbocycles. The Hall–Kier alpha value is -3.64. The number of pyridine rings is 1. The Morgan fingerprint density at radius 1 is 1.23 bits per heavy atom. The molecule has 154 valence electrons. The van der Waals surface area contributed by atoms with E-state index in [0.717, 1.165) is 10.6 Å².